The van der Waals surface area contributed by atoms with Gasteiger partial charge < -0.3 is 10.2 Å². The molecular formula is C20H21F3N6O5S. The number of aromatic nitrogens is 2. The molecule has 15 heteroatoms. The van der Waals surface area contributed by atoms with Crippen LogP contribution in [0.5, 0.6) is 0 Å². The third kappa shape index (κ3) is 5.62. The van der Waals surface area contributed by atoms with Crippen LogP contribution in [-0.4, -0.2) is 74.5 Å². The minimum absolute atomic E-state index is 0.121. The number of nitrogens with zero attached hydrogens (tertiary/aromatic N) is 4. The predicted octanol–water partition coefficient (Wildman–Crippen LogP) is 1.74. The Balaban J connectivity index is 1.59. The average Bonchev–Trinajstić information content (AvgIpc) is 3.19. The van der Waals surface area contributed by atoms with E-state index in [-0.39, 0.29) is 17.6 Å². The van der Waals surface area contributed by atoms with E-state index in [4.69, 9.17) is 0 Å². The van der Waals surface area contributed by atoms with Gasteiger partial charge in [0.15, 0.2) is 5.82 Å². The molecule has 4 heterocycles. The molecule has 188 valence electrons. The van der Waals surface area contributed by atoms with Crippen molar-refractivity contribution < 1.29 is 35.4 Å². The summed E-state index contributed by atoms with van der Waals surface area (Å²) in [5.41, 5.74) is 0.176. The van der Waals surface area contributed by atoms with Crippen molar-refractivity contribution in [3.63, 3.8) is 0 Å². The number of alkyl halides is 3. The van der Waals surface area contributed by atoms with Crippen LogP contribution in [0.15, 0.2) is 36.5 Å². The number of urea groups is 1. The lowest BCUT2D eigenvalue weighted by Crippen LogP contribution is -2.50. The van der Waals surface area contributed by atoms with E-state index in [1.807, 2.05) is 4.90 Å². The van der Waals surface area contributed by atoms with Crippen LogP contribution in [0.2, 0.25) is 0 Å². The van der Waals surface area contributed by atoms with Crippen molar-refractivity contribution in [3.8, 4) is 0 Å². The molecule has 1 fully saturated rings. The first kappa shape index (κ1) is 24.7. The fraction of sp³-hybridized carbons (Fsp3) is 0.400. The Hall–Kier alpha value is -3.46. The van der Waals surface area contributed by atoms with E-state index in [2.05, 4.69) is 19.5 Å². The Morgan fingerprint density at radius 2 is 2.03 bits per heavy atom. The number of pyridine rings is 2. The summed E-state index contributed by atoms with van der Waals surface area (Å²) in [5, 5.41) is 4.38. The molecule has 1 saturated heterocycles. The summed E-state index contributed by atoms with van der Waals surface area (Å²) in [4.78, 5) is 37.3. The largest absolute Gasteiger partial charge is 0.410 e. The number of halogens is 3. The van der Waals surface area contributed by atoms with Crippen molar-refractivity contribution in [3.05, 3.63) is 42.2 Å². The minimum Gasteiger partial charge on any atom is -0.366 e. The minimum atomic E-state index is -4.98. The highest BCUT2D eigenvalue weighted by molar-refractivity contribution is 7.85. The van der Waals surface area contributed by atoms with Gasteiger partial charge in [-0.05, 0) is 30.7 Å². The first-order valence-corrected chi connectivity index (χ1v) is 12.2. The quantitative estimate of drug-likeness (QED) is 0.557. The van der Waals surface area contributed by atoms with Gasteiger partial charge in [0.1, 0.15) is 17.6 Å². The summed E-state index contributed by atoms with van der Waals surface area (Å²) in [5.74, 6) is -0.784. The Bertz CT molecular complexity index is 1230. The summed E-state index contributed by atoms with van der Waals surface area (Å²) >= 11 is 0. The molecule has 2 aliphatic heterocycles. The maximum absolute atomic E-state index is 13.3. The normalized spacial score (nSPS) is 18.1. The number of fused-ring (bicyclic) bond motifs is 4. The molecule has 0 aromatic carbocycles. The molecule has 0 unspecified atom stereocenters. The first-order valence-electron chi connectivity index (χ1n) is 10.4. The zero-order valence-electron chi connectivity index (χ0n) is 18.3. The lowest BCUT2D eigenvalue weighted by molar-refractivity contribution is -0.159. The van der Waals surface area contributed by atoms with E-state index in [1.54, 1.807) is 23.5 Å². The molecule has 2 aromatic rings. The number of rotatable bonds is 6. The molecule has 0 aliphatic carbocycles. The van der Waals surface area contributed by atoms with E-state index in [0.717, 1.165) is 0 Å². The van der Waals surface area contributed by atoms with Crippen molar-refractivity contribution in [2.75, 3.05) is 41.1 Å². The van der Waals surface area contributed by atoms with Crippen molar-refractivity contribution in [1.82, 2.24) is 15.3 Å². The second-order valence-corrected chi connectivity index (χ2v) is 9.64. The molecule has 11 nitrogen and oxygen atoms in total. The highest BCUT2D eigenvalue weighted by atomic mass is 32.2. The van der Waals surface area contributed by atoms with Crippen LogP contribution in [0.25, 0.3) is 0 Å². The van der Waals surface area contributed by atoms with Crippen LogP contribution in [0.1, 0.15) is 16.9 Å². The number of nitrogens with one attached hydrogen (secondary N) is 2. The number of carbonyl (C=O) groups is 2. The zero-order chi connectivity index (χ0) is 25.4. The van der Waals surface area contributed by atoms with E-state index in [0.29, 0.717) is 37.3 Å². The molecule has 2 aromatic heterocycles. The molecule has 2 atom stereocenters. The number of carbonyl (C=O) groups excluding carboxylic acids is 2. The smallest absolute Gasteiger partial charge is 0.366 e. The fourth-order valence-corrected chi connectivity index (χ4v) is 4.23. The van der Waals surface area contributed by atoms with Crippen LogP contribution in [-0.2, 0) is 14.3 Å². The molecule has 3 amide bonds. The Kier molecular flexibility index (Phi) is 6.55. The van der Waals surface area contributed by atoms with Crippen LogP contribution < -0.4 is 20.4 Å². The summed E-state index contributed by atoms with van der Waals surface area (Å²) in [6, 6.07) is 4.32. The van der Waals surface area contributed by atoms with Gasteiger partial charge in [-0.25, -0.2) is 14.8 Å². The lowest BCUT2D eigenvalue weighted by Gasteiger charge is -2.35. The van der Waals surface area contributed by atoms with Crippen molar-refractivity contribution in [2.24, 2.45) is 0 Å². The number of anilines is 3. The Morgan fingerprint density at radius 1 is 1.26 bits per heavy atom. The summed E-state index contributed by atoms with van der Waals surface area (Å²) in [6.07, 6.45) is -2.25. The van der Waals surface area contributed by atoms with Crippen molar-refractivity contribution in [2.45, 2.75) is 24.7 Å². The lowest BCUT2D eigenvalue weighted by atomic mass is 10.1. The third-order valence-electron chi connectivity index (χ3n) is 5.45. The van der Waals surface area contributed by atoms with Gasteiger partial charge in [0.2, 0.25) is 0 Å². The molecule has 2 N–H and O–H groups in total. The maximum Gasteiger partial charge on any atom is 0.410 e. The van der Waals surface area contributed by atoms with Gasteiger partial charge in [-0.2, -0.15) is 21.6 Å². The third-order valence-corrected chi connectivity index (χ3v) is 6.02. The van der Waals surface area contributed by atoms with Crippen LogP contribution in [0, 0.1) is 0 Å². The SMILES string of the molecule is CS(=O)(=O)OC[C@@H](NC(=O)c1ccc2c(n1)N(C(=O)Nc1ccccn1)[C@H]1CCN2C1)C(F)(F)F. The van der Waals surface area contributed by atoms with E-state index >= 15 is 0 Å². The van der Waals surface area contributed by atoms with Crippen molar-refractivity contribution >= 4 is 39.4 Å². The van der Waals surface area contributed by atoms with Crippen LogP contribution in [0.3, 0.4) is 0 Å². The van der Waals surface area contributed by atoms with Gasteiger partial charge in [0, 0.05) is 19.3 Å². The topological polar surface area (TPSA) is 134 Å². The molecule has 2 aliphatic rings. The van der Waals surface area contributed by atoms with Gasteiger partial charge in [-0.15, -0.1) is 0 Å². The predicted molar refractivity (Wildman–Crippen MR) is 119 cm³/mol. The Labute approximate surface area is 198 Å². The summed E-state index contributed by atoms with van der Waals surface area (Å²) in [6.45, 7) is -0.153. The number of hydrogen-bond acceptors (Lipinski definition) is 8. The second kappa shape index (κ2) is 9.30. The standard InChI is InChI=1S/C20H21F3N6O5S/c1-35(32,33)34-11-15(20(21,22)23)26-18(30)13-5-6-14-17(25-13)29(12-7-9-28(14)10-12)19(31)27-16-4-2-3-8-24-16/h2-6,8,12,15H,7,9-11H2,1H3,(H,26,30)(H,24,27,31)/t12-,15+/m0/s1. The van der Waals surface area contributed by atoms with Gasteiger partial charge in [-0.1, -0.05) is 6.07 Å². The van der Waals surface area contributed by atoms with Gasteiger partial charge in [0.05, 0.1) is 24.6 Å². The molecule has 4 rings (SSSR count). The summed E-state index contributed by atoms with van der Waals surface area (Å²) in [7, 11) is -4.17. The monoisotopic (exact) mass is 514 g/mol. The average molecular weight is 514 g/mol. The summed E-state index contributed by atoms with van der Waals surface area (Å²) < 4.78 is 66.5. The number of hydrogen-bond donors (Lipinski definition) is 2. The first-order chi connectivity index (χ1) is 16.4. The number of amides is 3. The van der Waals surface area contributed by atoms with Gasteiger partial charge >= 0.3 is 12.2 Å². The zero-order valence-corrected chi connectivity index (χ0v) is 19.1. The second-order valence-electron chi connectivity index (χ2n) is 8.00. The van der Waals surface area contributed by atoms with Crippen molar-refractivity contribution in [1.29, 1.82) is 0 Å². The highest BCUT2D eigenvalue weighted by Gasteiger charge is 2.43. The molecular weight excluding hydrogens is 493 g/mol. The van der Waals surface area contributed by atoms with Crippen LogP contribution in [0.4, 0.5) is 35.3 Å². The fourth-order valence-electron chi connectivity index (χ4n) is 3.85. The molecule has 0 spiro atoms. The molecule has 0 radical (unpaired) electrons. The van der Waals surface area contributed by atoms with E-state index in [1.165, 1.54) is 23.2 Å². The van der Waals surface area contributed by atoms with E-state index in [9.17, 15) is 31.2 Å². The highest BCUT2D eigenvalue weighted by Crippen LogP contribution is 2.39. The molecule has 0 saturated carbocycles. The Morgan fingerprint density at radius 3 is 2.69 bits per heavy atom. The molecule has 2 bridgehead atoms. The van der Waals surface area contributed by atoms with E-state index < -0.39 is 40.9 Å². The van der Waals surface area contributed by atoms with Gasteiger partial charge in [-0.3, -0.25) is 19.2 Å². The van der Waals surface area contributed by atoms with Gasteiger partial charge in [0.25, 0.3) is 16.0 Å². The molecule has 35 heavy (non-hydrogen) atoms. The maximum atomic E-state index is 13.3. The van der Waals surface area contributed by atoms with Crippen LogP contribution >= 0.6 is 0 Å².